The summed E-state index contributed by atoms with van der Waals surface area (Å²) in [5.41, 5.74) is 6.85. The topological polar surface area (TPSA) is 63.4 Å². The Kier molecular flexibility index (Phi) is 2.19. The molecule has 0 spiro atoms. The molecule has 1 aliphatic rings. The maximum absolute atomic E-state index is 11.3. The van der Waals surface area contributed by atoms with Crippen LogP contribution in [0, 0.1) is 6.07 Å². The number of nitrogens with zero attached hydrogens (tertiary/aromatic N) is 1. The van der Waals surface area contributed by atoms with Gasteiger partial charge in [0, 0.05) is 19.2 Å². The third-order valence-corrected chi connectivity index (χ3v) is 2.63. The quantitative estimate of drug-likeness (QED) is 0.719. The van der Waals surface area contributed by atoms with E-state index in [4.69, 9.17) is 5.73 Å². The van der Waals surface area contributed by atoms with Crippen LogP contribution in [0.15, 0.2) is 18.2 Å². The lowest BCUT2D eigenvalue weighted by Crippen LogP contribution is -2.31. The molecule has 1 unspecified atom stereocenters. The van der Waals surface area contributed by atoms with Crippen molar-refractivity contribution in [2.24, 2.45) is 5.73 Å². The van der Waals surface area contributed by atoms with Crippen LogP contribution in [-0.2, 0) is 9.59 Å². The zero-order valence-electron chi connectivity index (χ0n) is 8.36. The van der Waals surface area contributed by atoms with E-state index >= 15 is 0 Å². The second-order valence-electron chi connectivity index (χ2n) is 3.57. The second kappa shape index (κ2) is 3.38. The lowest BCUT2D eigenvalue weighted by molar-refractivity contribution is -0.119. The number of hydrogen-bond donors (Lipinski definition) is 1. The normalized spacial score (nSPS) is 18.7. The van der Waals surface area contributed by atoms with Gasteiger partial charge in [-0.1, -0.05) is 12.1 Å². The summed E-state index contributed by atoms with van der Waals surface area (Å²) in [6.07, 6.45) is 0. The van der Waals surface area contributed by atoms with Gasteiger partial charge in [-0.3, -0.25) is 9.59 Å². The Labute approximate surface area is 87.7 Å². The third-order valence-electron chi connectivity index (χ3n) is 2.63. The zero-order chi connectivity index (χ0) is 11.0. The Balaban J connectivity index is 2.48. The van der Waals surface area contributed by atoms with E-state index in [9.17, 15) is 9.59 Å². The molecule has 15 heavy (non-hydrogen) atoms. The van der Waals surface area contributed by atoms with Gasteiger partial charge < -0.3 is 10.6 Å². The molecule has 77 valence electrons. The van der Waals surface area contributed by atoms with E-state index in [0.29, 0.717) is 6.54 Å². The minimum atomic E-state index is -0.397. The third kappa shape index (κ3) is 1.48. The Bertz CT molecular complexity index is 389. The Hall–Kier alpha value is -1.84. The van der Waals surface area contributed by atoms with Crippen molar-refractivity contribution in [1.29, 1.82) is 0 Å². The summed E-state index contributed by atoms with van der Waals surface area (Å²) in [7, 11) is 0. The van der Waals surface area contributed by atoms with Crippen LogP contribution >= 0.6 is 0 Å². The lowest BCUT2D eigenvalue weighted by atomic mass is 10.0. The van der Waals surface area contributed by atoms with Gasteiger partial charge in [-0.05, 0) is 17.7 Å². The first-order chi connectivity index (χ1) is 7.11. The summed E-state index contributed by atoms with van der Waals surface area (Å²) in [5, 5.41) is 0. The van der Waals surface area contributed by atoms with Crippen LogP contribution in [0.5, 0.6) is 0 Å². The van der Waals surface area contributed by atoms with Gasteiger partial charge in [0.15, 0.2) is 0 Å². The van der Waals surface area contributed by atoms with Gasteiger partial charge in [-0.2, -0.15) is 0 Å². The maximum atomic E-state index is 11.3. The van der Waals surface area contributed by atoms with Gasteiger partial charge in [0.1, 0.15) is 0 Å². The second-order valence-corrected chi connectivity index (χ2v) is 3.57. The van der Waals surface area contributed by atoms with E-state index in [1.807, 2.05) is 0 Å². The molecular formula is C11H11N2O2. The van der Waals surface area contributed by atoms with Gasteiger partial charge >= 0.3 is 0 Å². The van der Waals surface area contributed by atoms with Crippen LogP contribution in [0.1, 0.15) is 18.4 Å². The van der Waals surface area contributed by atoms with Crippen molar-refractivity contribution >= 4 is 17.5 Å². The molecule has 0 aromatic heterocycles. The fraction of sp³-hybridized carbons (Fsp3) is 0.273. The van der Waals surface area contributed by atoms with Crippen molar-refractivity contribution in [1.82, 2.24) is 0 Å². The van der Waals surface area contributed by atoms with Gasteiger partial charge in [0.2, 0.25) is 11.8 Å². The number of hydrogen-bond acceptors (Lipinski definition) is 2. The highest BCUT2D eigenvalue weighted by atomic mass is 16.2. The van der Waals surface area contributed by atoms with Crippen LogP contribution in [0.4, 0.5) is 5.69 Å². The SMILES string of the molecule is CC(=O)N1CC(C(N)=O)c2cc[c]cc21. The molecule has 0 saturated heterocycles. The standard InChI is InChI=1S/C11H11N2O2/c1-7(14)13-6-9(11(12)15)8-4-2-3-5-10(8)13/h2,4-5,9H,6H2,1H3,(H2,12,15). The van der Waals surface area contributed by atoms with E-state index in [2.05, 4.69) is 6.07 Å². The number of primary amides is 1. The Morgan fingerprint density at radius 1 is 1.60 bits per heavy atom. The van der Waals surface area contributed by atoms with Crippen LogP contribution < -0.4 is 10.6 Å². The van der Waals surface area contributed by atoms with Gasteiger partial charge in [-0.15, -0.1) is 0 Å². The van der Waals surface area contributed by atoms with Crippen molar-refractivity contribution in [2.75, 3.05) is 11.4 Å². The van der Waals surface area contributed by atoms with E-state index in [-0.39, 0.29) is 5.91 Å². The molecule has 1 heterocycles. The first-order valence-corrected chi connectivity index (χ1v) is 4.68. The average Bonchev–Trinajstić information content (AvgIpc) is 2.56. The smallest absolute Gasteiger partial charge is 0.226 e. The highest BCUT2D eigenvalue weighted by Crippen LogP contribution is 2.35. The molecule has 1 aromatic carbocycles. The Morgan fingerprint density at radius 3 is 2.93 bits per heavy atom. The molecular weight excluding hydrogens is 192 g/mol. The summed E-state index contributed by atoms with van der Waals surface area (Å²) in [6, 6.07) is 8.11. The Morgan fingerprint density at radius 2 is 2.33 bits per heavy atom. The van der Waals surface area contributed by atoms with Crippen molar-refractivity contribution in [3.8, 4) is 0 Å². The summed E-state index contributed by atoms with van der Waals surface area (Å²) in [4.78, 5) is 24.1. The fourth-order valence-corrected chi connectivity index (χ4v) is 1.88. The largest absolute Gasteiger partial charge is 0.369 e. The van der Waals surface area contributed by atoms with E-state index in [1.54, 1.807) is 23.1 Å². The maximum Gasteiger partial charge on any atom is 0.226 e. The van der Waals surface area contributed by atoms with Crippen LogP contribution in [-0.4, -0.2) is 18.4 Å². The molecule has 4 heteroatoms. The van der Waals surface area contributed by atoms with Crippen LogP contribution in [0.3, 0.4) is 0 Å². The molecule has 0 saturated carbocycles. The highest BCUT2D eigenvalue weighted by molar-refractivity contribution is 5.98. The van der Waals surface area contributed by atoms with Crippen molar-refractivity contribution in [2.45, 2.75) is 12.8 Å². The molecule has 2 N–H and O–H groups in total. The number of benzene rings is 1. The molecule has 0 fully saturated rings. The molecule has 4 nitrogen and oxygen atoms in total. The molecule has 1 aliphatic heterocycles. The first kappa shape index (κ1) is 9.71. The van der Waals surface area contributed by atoms with Crippen molar-refractivity contribution in [3.05, 3.63) is 29.8 Å². The fourth-order valence-electron chi connectivity index (χ4n) is 1.88. The minimum absolute atomic E-state index is 0.0837. The summed E-state index contributed by atoms with van der Waals surface area (Å²) < 4.78 is 0. The van der Waals surface area contributed by atoms with E-state index in [0.717, 1.165) is 11.3 Å². The number of nitrogens with two attached hydrogens (primary N) is 1. The highest BCUT2D eigenvalue weighted by Gasteiger charge is 2.33. The number of amides is 2. The average molecular weight is 203 g/mol. The predicted octanol–water partition coefficient (Wildman–Crippen LogP) is 0.422. The van der Waals surface area contributed by atoms with E-state index < -0.39 is 11.8 Å². The van der Waals surface area contributed by atoms with E-state index in [1.165, 1.54) is 6.92 Å². The monoisotopic (exact) mass is 203 g/mol. The molecule has 2 rings (SSSR count). The summed E-state index contributed by atoms with van der Waals surface area (Å²) >= 11 is 0. The molecule has 0 bridgehead atoms. The molecule has 0 aliphatic carbocycles. The van der Waals surface area contributed by atoms with Gasteiger partial charge in [0.05, 0.1) is 5.92 Å². The first-order valence-electron chi connectivity index (χ1n) is 4.68. The van der Waals surface area contributed by atoms with Gasteiger partial charge in [0.25, 0.3) is 0 Å². The molecule has 2 amide bonds. The number of fused-ring (bicyclic) bond motifs is 1. The predicted molar refractivity (Wildman–Crippen MR) is 55.2 cm³/mol. The summed E-state index contributed by atoms with van der Waals surface area (Å²) in [6.45, 7) is 1.82. The van der Waals surface area contributed by atoms with Crippen LogP contribution in [0.2, 0.25) is 0 Å². The van der Waals surface area contributed by atoms with Crippen molar-refractivity contribution < 1.29 is 9.59 Å². The summed E-state index contributed by atoms with van der Waals surface area (Å²) in [5.74, 6) is -0.871. The molecule has 1 aromatic rings. The molecule has 1 radical (unpaired) electrons. The number of carbonyl (C=O) groups is 2. The van der Waals surface area contributed by atoms with Crippen LogP contribution in [0.25, 0.3) is 0 Å². The minimum Gasteiger partial charge on any atom is -0.369 e. The zero-order valence-corrected chi connectivity index (χ0v) is 8.36. The number of anilines is 1. The molecule has 1 atom stereocenters. The lowest BCUT2D eigenvalue weighted by Gasteiger charge is -2.14. The van der Waals surface area contributed by atoms with Gasteiger partial charge in [-0.25, -0.2) is 0 Å². The number of carbonyl (C=O) groups excluding carboxylic acids is 2. The van der Waals surface area contributed by atoms with Crippen molar-refractivity contribution in [3.63, 3.8) is 0 Å². The number of rotatable bonds is 1.